The van der Waals surface area contributed by atoms with E-state index in [9.17, 15) is 9.59 Å². The van der Waals surface area contributed by atoms with Gasteiger partial charge in [0.15, 0.2) is 0 Å². The van der Waals surface area contributed by atoms with Crippen molar-refractivity contribution in [3.8, 4) is 5.75 Å². The van der Waals surface area contributed by atoms with Crippen LogP contribution in [0.1, 0.15) is 18.5 Å². The number of carbonyl (C=O) groups is 2. The van der Waals surface area contributed by atoms with Gasteiger partial charge in [0.25, 0.3) is 0 Å². The van der Waals surface area contributed by atoms with Crippen molar-refractivity contribution >= 4 is 17.5 Å². The Bertz CT molecular complexity index is 656. The van der Waals surface area contributed by atoms with E-state index in [1.165, 1.54) is 7.11 Å². The van der Waals surface area contributed by atoms with E-state index in [-0.39, 0.29) is 6.04 Å². The number of carbonyl (C=O) groups excluding carboxylic acids is 2. The average molecular weight is 298 g/mol. The van der Waals surface area contributed by atoms with Gasteiger partial charge < -0.3 is 15.4 Å². The fraction of sp³-hybridized carbons (Fsp3) is 0.176. The molecule has 0 bridgehead atoms. The van der Waals surface area contributed by atoms with Crippen LogP contribution in [0.15, 0.2) is 54.6 Å². The Hall–Kier alpha value is -2.82. The van der Waals surface area contributed by atoms with E-state index in [2.05, 4.69) is 10.6 Å². The molecule has 114 valence electrons. The van der Waals surface area contributed by atoms with Crippen molar-refractivity contribution in [2.75, 3.05) is 12.4 Å². The van der Waals surface area contributed by atoms with Gasteiger partial charge in [0.2, 0.25) is 0 Å². The summed E-state index contributed by atoms with van der Waals surface area (Å²) in [5.74, 6) is -0.922. The van der Waals surface area contributed by atoms with Gasteiger partial charge in [-0.2, -0.15) is 0 Å². The highest BCUT2D eigenvalue weighted by Crippen LogP contribution is 2.22. The zero-order chi connectivity index (χ0) is 15.9. The van der Waals surface area contributed by atoms with Gasteiger partial charge in [-0.05, 0) is 24.6 Å². The van der Waals surface area contributed by atoms with Gasteiger partial charge >= 0.3 is 11.8 Å². The molecule has 0 heterocycles. The molecule has 0 spiro atoms. The van der Waals surface area contributed by atoms with Crippen LogP contribution >= 0.6 is 0 Å². The molecule has 0 aromatic heterocycles. The quantitative estimate of drug-likeness (QED) is 0.852. The number of amides is 2. The Balaban J connectivity index is 1.99. The third-order valence-electron chi connectivity index (χ3n) is 3.21. The van der Waals surface area contributed by atoms with Crippen molar-refractivity contribution in [1.82, 2.24) is 5.32 Å². The largest absolute Gasteiger partial charge is 0.495 e. The lowest BCUT2D eigenvalue weighted by Gasteiger charge is -2.14. The van der Waals surface area contributed by atoms with Crippen molar-refractivity contribution in [1.29, 1.82) is 0 Å². The highest BCUT2D eigenvalue weighted by molar-refractivity contribution is 6.39. The molecule has 2 rings (SSSR count). The van der Waals surface area contributed by atoms with Crippen molar-refractivity contribution in [2.45, 2.75) is 13.0 Å². The molecule has 2 N–H and O–H groups in total. The van der Waals surface area contributed by atoms with Gasteiger partial charge in [0.1, 0.15) is 5.75 Å². The summed E-state index contributed by atoms with van der Waals surface area (Å²) >= 11 is 0. The minimum atomic E-state index is -0.729. The molecule has 2 aromatic carbocycles. The van der Waals surface area contributed by atoms with Crippen LogP contribution in [0.2, 0.25) is 0 Å². The van der Waals surface area contributed by atoms with Crippen molar-refractivity contribution < 1.29 is 14.3 Å². The summed E-state index contributed by atoms with van der Waals surface area (Å²) in [5, 5.41) is 5.20. The number of ether oxygens (including phenoxy) is 1. The zero-order valence-corrected chi connectivity index (χ0v) is 12.5. The Morgan fingerprint density at radius 3 is 2.27 bits per heavy atom. The summed E-state index contributed by atoms with van der Waals surface area (Å²) in [6, 6.07) is 16.1. The second kappa shape index (κ2) is 7.26. The third kappa shape index (κ3) is 3.85. The highest BCUT2D eigenvalue weighted by atomic mass is 16.5. The average Bonchev–Trinajstić information content (AvgIpc) is 2.56. The van der Waals surface area contributed by atoms with E-state index in [1.54, 1.807) is 24.3 Å². The number of hydrogen-bond donors (Lipinski definition) is 2. The maximum atomic E-state index is 12.0. The van der Waals surface area contributed by atoms with Gasteiger partial charge in [0, 0.05) is 0 Å². The van der Waals surface area contributed by atoms with Crippen LogP contribution in [-0.2, 0) is 9.59 Å². The monoisotopic (exact) mass is 298 g/mol. The van der Waals surface area contributed by atoms with Crippen molar-refractivity contribution in [2.24, 2.45) is 0 Å². The van der Waals surface area contributed by atoms with Crippen LogP contribution in [0.5, 0.6) is 5.75 Å². The van der Waals surface area contributed by atoms with Crippen molar-refractivity contribution in [3.63, 3.8) is 0 Å². The zero-order valence-electron chi connectivity index (χ0n) is 12.5. The topological polar surface area (TPSA) is 67.4 Å². The molecular weight excluding hydrogens is 280 g/mol. The van der Waals surface area contributed by atoms with Crippen LogP contribution in [0, 0.1) is 0 Å². The normalized spacial score (nSPS) is 11.4. The van der Waals surface area contributed by atoms with Gasteiger partial charge in [-0.1, -0.05) is 42.5 Å². The summed E-state index contributed by atoms with van der Waals surface area (Å²) in [4.78, 5) is 23.9. The molecule has 22 heavy (non-hydrogen) atoms. The standard InChI is InChI=1S/C17H18N2O3/c1-12(13-8-4-3-5-9-13)18-16(20)17(21)19-14-10-6-7-11-15(14)22-2/h3-12H,1-2H3,(H,18,20)(H,19,21)/t12-/m1/s1. The molecule has 0 aliphatic rings. The Morgan fingerprint density at radius 1 is 0.955 bits per heavy atom. The molecule has 0 aliphatic heterocycles. The maximum Gasteiger partial charge on any atom is 0.313 e. The highest BCUT2D eigenvalue weighted by Gasteiger charge is 2.18. The first-order valence-electron chi connectivity index (χ1n) is 6.91. The molecule has 0 saturated carbocycles. The van der Waals surface area contributed by atoms with Gasteiger partial charge in [-0.25, -0.2) is 0 Å². The van der Waals surface area contributed by atoms with E-state index in [4.69, 9.17) is 4.74 Å². The predicted octanol–water partition coefficient (Wildman–Crippen LogP) is 2.51. The number of rotatable bonds is 4. The second-order valence-corrected chi connectivity index (χ2v) is 4.76. The first-order chi connectivity index (χ1) is 10.6. The van der Waals surface area contributed by atoms with E-state index in [0.29, 0.717) is 11.4 Å². The molecule has 5 heteroatoms. The Kier molecular flexibility index (Phi) is 5.14. The molecule has 2 amide bonds. The fourth-order valence-corrected chi connectivity index (χ4v) is 2.01. The molecule has 2 aromatic rings. The molecule has 0 aliphatic carbocycles. The lowest BCUT2D eigenvalue weighted by Crippen LogP contribution is -2.36. The summed E-state index contributed by atoms with van der Waals surface area (Å²) in [6.45, 7) is 1.82. The van der Waals surface area contributed by atoms with Crippen LogP contribution in [0.4, 0.5) is 5.69 Å². The van der Waals surface area contributed by atoms with Crippen LogP contribution < -0.4 is 15.4 Å². The summed E-state index contributed by atoms with van der Waals surface area (Å²) in [5.41, 5.74) is 1.39. The number of benzene rings is 2. The molecule has 0 unspecified atom stereocenters. The summed E-state index contributed by atoms with van der Waals surface area (Å²) in [6.07, 6.45) is 0. The Labute approximate surface area is 129 Å². The number of para-hydroxylation sites is 2. The number of hydrogen-bond acceptors (Lipinski definition) is 3. The summed E-state index contributed by atoms with van der Waals surface area (Å²) in [7, 11) is 1.50. The third-order valence-corrected chi connectivity index (χ3v) is 3.21. The fourth-order valence-electron chi connectivity index (χ4n) is 2.01. The maximum absolute atomic E-state index is 12.0. The van der Waals surface area contributed by atoms with Gasteiger partial charge in [-0.3, -0.25) is 9.59 Å². The van der Waals surface area contributed by atoms with E-state index in [0.717, 1.165) is 5.56 Å². The molecule has 1 atom stereocenters. The molecule has 5 nitrogen and oxygen atoms in total. The Morgan fingerprint density at radius 2 is 1.59 bits per heavy atom. The van der Waals surface area contributed by atoms with Crippen molar-refractivity contribution in [3.05, 3.63) is 60.2 Å². The minimum absolute atomic E-state index is 0.253. The first-order valence-corrected chi connectivity index (χ1v) is 6.91. The smallest absolute Gasteiger partial charge is 0.313 e. The number of nitrogens with one attached hydrogen (secondary N) is 2. The second-order valence-electron chi connectivity index (χ2n) is 4.76. The number of anilines is 1. The lowest BCUT2D eigenvalue weighted by molar-refractivity contribution is -0.136. The summed E-state index contributed by atoms with van der Waals surface area (Å²) < 4.78 is 5.13. The number of methoxy groups -OCH3 is 1. The lowest BCUT2D eigenvalue weighted by atomic mass is 10.1. The van der Waals surface area contributed by atoms with Crippen LogP contribution in [-0.4, -0.2) is 18.9 Å². The van der Waals surface area contributed by atoms with E-state index < -0.39 is 11.8 Å². The van der Waals surface area contributed by atoms with Gasteiger partial charge in [-0.15, -0.1) is 0 Å². The molecule has 0 radical (unpaired) electrons. The molecule has 0 saturated heterocycles. The van der Waals surface area contributed by atoms with E-state index >= 15 is 0 Å². The van der Waals surface area contributed by atoms with Crippen LogP contribution in [0.25, 0.3) is 0 Å². The first kappa shape index (κ1) is 15.6. The van der Waals surface area contributed by atoms with Gasteiger partial charge in [0.05, 0.1) is 18.8 Å². The van der Waals surface area contributed by atoms with Crippen LogP contribution in [0.3, 0.4) is 0 Å². The SMILES string of the molecule is COc1ccccc1NC(=O)C(=O)N[C@H](C)c1ccccc1. The van der Waals surface area contributed by atoms with E-state index in [1.807, 2.05) is 37.3 Å². The molecule has 0 fully saturated rings. The minimum Gasteiger partial charge on any atom is -0.495 e. The molecular formula is C17H18N2O3. The predicted molar refractivity (Wildman–Crippen MR) is 84.6 cm³/mol.